The topological polar surface area (TPSA) is 61.3 Å². The van der Waals surface area contributed by atoms with Gasteiger partial charge in [-0.3, -0.25) is 0 Å². The molecule has 1 fully saturated rings. The molecule has 1 aliphatic rings. The van der Waals surface area contributed by atoms with Crippen LogP contribution >= 0.6 is 0 Å². The van der Waals surface area contributed by atoms with Crippen molar-refractivity contribution < 1.29 is 4.74 Å². The summed E-state index contributed by atoms with van der Waals surface area (Å²) in [6.07, 6.45) is 1.23. The van der Waals surface area contributed by atoms with Gasteiger partial charge in [0, 0.05) is 4.91 Å². The molecule has 1 aliphatic heterocycles. The van der Waals surface area contributed by atoms with Crippen LogP contribution < -0.4 is 0 Å². The molecular formula is C7H13N3O. The monoisotopic (exact) mass is 155 g/mol. The van der Waals surface area contributed by atoms with Gasteiger partial charge >= 0.3 is 0 Å². The predicted molar refractivity (Wildman–Crippen MR) is 42.1 cm³/mol. The minimum atomic E-state index is 0.0463. The highest BCUT2D eigenvalue weighted by atomic mass is 16.6. The van der Waals surface area contributed by atoms with Crippen LogP contribution in [0.1, 0.15) is 20.3 Å². The molecule has 0 amide bonds. The first-order valence-electron chi connectivity index (χ1n) is 3.95. The summed E-state index contributed by atoms with van der Waals surface area (Å²) in [5, 5.41) is 3.71. The van der Waals surface area contributed by atoms with Crippen LogP contribution in [0.3, 0.4) is 0 Å². The molecule has 62 valence electrons. The maximum Gasteiger partial charge on any atom is 0.0897 e. The molecular weight excluding hydrogens is 142 g/mol. The maximum atomic E-state index is 8.26. The summed E-state index contributed by atoms with van der Waals surface area (Å²) < 4.78 is 5.08. The van der Waals surface area contributed by atoms with E-state index in [-0.39, 0.29) is 12.1 Å². The zero-order valence-corrected chi connectivity index (χ0v) is 6.90. The Morgan fingerprint density at radius 2 is 2.45 bits per heavy atom. The molecule has 1 rings (SSSR count). The van der Waals surface area contributed by atoms with Crippen molar-refractivity contribution in [2.45, 2.75) is 32.4 Å². The van der Waals surface area contributed by atoms with Gasteiger partial charge in [0.05, 0.1) is 18.8 Å². The van der Waals surface area contributed by atoms with Crippen molar-refractivity contribution in [3.8, 4) is 0 Å². The van der Waals surface area contributed by atoms with E-state index in [0.29, 0.717) is 5.92 Å². The number of rotatable bonds is 4. The highest BCUT2D eigenvalue weighted by Gasteiger charge is 2.34. The van der Waals surface area contributed by atoms with Gasteiger partial charge in [0.15, 0.2) is 0 Å². The first kappa shape index (κ1) is 8.37. The van der Waals surface area contributed by atoms with Crippen molar-refractivity contribution in [2.24, 2.45) is 11.0 Å². The zero-order valence-electron chi connectivity index (χ0n) is 6.90. The molecule has 0 N–H and O–H groups in total. The summed E-state index contributed by atoms with van der Waals surface area (Å²) in [6, 6.07) is 0.0463. The minimum Gasteiger partial charge on any atom is -0.373 e. The Morgan fingerprint density at radius 3 is 2.82 bits per heavy atom. The summed E-state index contributed by atoms with van der Waals surface area (Å²) >= 11 is 0. The Kier molecular flexibility index (Phi) is 2.74. The SMILES string of the molecule is CC[C@H](C)[C@H](N=[N+]=[N-])[C@@H]1CO1. The fraction of sp³-hybridized carbons (Fsp3) is 1.00. The summed E-state index contributed by atoms with van der Waals surface area (Å²) in [5.41, 5.74) is 8.26. The second-order valence-electron chi connectivity index (χ2n) is 2.95. The van der Waals surface area contributed by atoms with Crippen molar-refractivity contribution in [3.05, 3.63) is 10.4 Å². The van der Waals surface area contributed by atoms with E-state index in [1.807, 2.05) is 0 Å². The molecule has 0 aliphatic carbocycles. The highest BCUT2D eigenvalue weighted by Crippen LogP contribution is 2.25. The summed E-state index contributed by atoms with van der Waals surface area (Å²) in [4.78, 5) is 2.81. The van der Waals surface area contributed by atoms with Crippen molar-refractivity contribution in [1.29, 1.82) is 0 Å². The van der Waals surface area contributed by atoms with Crippen molar-refractivity contribution in [3.63, 3.8) is 0 Å². The molecule has 11 heavy (non-hydrogen) atoms. The number of ether oxygens (including phenoxy) is 1. The summed E-state index contributed by atoms with van der Waals surface area (Å²) in [6.45, 7) is 4.93. The van der Waals surface area contributed by atoms with E-state index < -0.39 is 0 Å². The Morgan fingerprint density at radius 1 is 1.82 bits per heavy atom. The lowest BCUT2D eigenvalue weighted by atomic mass is 9.98. The lowest BCUT2D eigenvalue weighted by molar-refractivity contribution is 0.318. The molecule has 0 aromatic carbocycles. The van der Waals surface area contributed by atoms with Crippen LogP contribution in [0.25, 0.3) is 10.4 Å². The Bertz CT molecular complexity index is 173. The molecule has 0 bridgehead atoms. The highest BCUT2D eigenvalue weighted by molar-refractivity contribution is 4.88. The van der Waals surface area contributed by atoms with Gasteiger partial charge in [-0.1, -0.05) is 25.4 Å². The van der Waals surface area contributed by atoms with E-state index in [0.717, 1.165) is 13.0 Å². The lowest BCUT2D eigenvalue weighted by Crippen LogP contribution is -2.20. The third-order valence-corrected chi connectivity index (χ3v) is 2.15. The first-order valence-corrected chi connectivity index (χ1v) is 3.95. The van der Waals surface area contributed by atoms with Gasteiger partial charge in [-0.25, -0.2) is 0 Å². The zero-order chi connectivity index (χ0) is 8.27. The number of nitrogens with zero attached hydrogens (tertiary/aromatic N) is 3. The van der Waals surface area contributed by atoms with Crippen LogP contribution in [0, 0.1) is 5.92 Å². The fourth-order valence-corrected chi connectivity index (χ4v) is 1.11. The molecule has 1 heterocycles. The molecule has 3 atom stereocenters. The molecule has 0 radical (unpaired) electrons. The molecule has 0 spiro atoms. The molecule has 0 saturated carbocycles. The van der Waals surface area contributed by atoms with Gasteiger partial charge in [-0.05, 0) is 11.4 Å². The van der Waals surface area contributed by atoms with E-state index >= 15 is 0 Å². The molecule has 4 heteroatoms. The van der Waals surface area contributed by atoms with Crippen LogP contribution in [0.15, 0.2) is 5.11 Å². The average Bonchev–Trinajstić information content (AvgIpc) is 2.81. The Hall–Kier alpha value is -0.730. The Balaban J connectivity index is 2.50. The third kappa shape index (κ3) is 2.10. The first-order chi connectivity index (χ1) is 5.29. The largest absolute Gasteiger partial charge is 0.373 e. The Labute approximate surface area is 66.2 Å². The number of hydrogen-bond donors (Lipinski definition) is 0. The molecule has 0 aromatic heterocycles. The van der Waals surface area contributed by atoms with Crippen LogP contribution in [0.5, 0.6) is 0 Å². The molecule has 1 saturated heterocycles. The van der Waals surface area contributed by atoms with Crippen molar-refractivity contribution in [1.82, 2.24) is 0 Å². The van der Waals surface area contributed by atoms with Crippen LogP contribution in [-0.4, -0.2) is 18.8 Å². The van der Waals surface area contributed by atoms with E-state index in [4.69, 9.17) is 10.3 Å². The smallest absolute Gasteiger partial charge is 0.0897 e. The van der Waals surface area contributed by atoms with Crippen LogP contribution in [0.4, 0.5) is 0 Å². The quantitative estimate of drug-likeness (QED) is 0.265. The number of azide groups is 1. The summed E-state index contributed by atoms with van der Waals surface area (Å²) in [5.74, 6) is 0.429. The van der Waals surface area contributed by atoms with Gasteiger partial charge in [-0.15, -0.1) is 0 Å². The predicted octanol–water partition coefficient (Wildman–Crippen LogP) is 2.11. The standard InChI is InChI=1S/C7H13N3O/c1-3-5(2)7(9-10-8)6-4-11-6/h5-7H,3-4H2,1-2H3/t5-,6-,7-/m0/s1. The lowest BCUT2D eigenvalue weighted by Gasteiger charge is -2.14. The normalized spacial score (nSPS) is 26.9. The number of hydrogen-bond acceptors (Lipinski definition) is 2. The van der Waals surface area contributed by atoms with Gasteiger partial charge < -0.3 is 4.74 Å². The second-order valence-corrected chi connectivity index (χ2v) is 2.95. The van der Waals surface area contributed by atoms with E-state index in [9.17, 15) is 0 Å². The van der Waals surface area contributed by atoms with Gasteiger partial charge in [-0.2, -0.15) is 0 Å². The van der Waals surface area contributed by atoms with Crippen molar-refractivity contribution >= 4 is 0 Å². The van der Waals surface area contributed by atoms with Gasteiger partial charge in [0.1, 0.15) is 0 Å². The third-order valence-electron chi connectivity index (χ3n) is 2.15. The molecule has 0 aromatic rings. The van der Waals surface area contributed by atoms with E-state index in [1.54, 1.807) is 0 Å². The average molecular weight is 155 g/mol. The van der Waals surface area contributed by atoms with Crippen LogP contribution in [0.2, 0.25) is 0 Å². The second kappa shape index (κ2) is 3.60. The minimum absolute atomic E-state index is 0.0463. The van der Waals surface area contributed by atoms with Crippen LogP contribution in [-0.2, 0) is 4.74 Å². The van der Waals surface area contributed by atoms with Gasteiger partial charge in [0.2, 0.25) is 0 Å². The maximum absolute atomic E-state index is 8.26. The number of epoxide rings is 1. The molecule has 0 unspecified atom stereocenters. The van der Waals surface area contributed by atoms with E-state index in [2.05, 4.69) is 23.9 Å². The van der Waals surface area contributed by atoms with Gasteiger partial charge in [0.25, 0.3) is 0 Å². The summed E-state index contributed by atoms with van der Waals surface area (Å²) in [7, 11) is 0. The molecule has 4 nitrogen and oxygen atoms in total. The fourth-order valence-electron chi connectivity index (χ4n) is 1.11. The van der Waals surface area contributed by atoms with Crippen molar-refractivity contribution in [2.75, 3.05) is 6.61 Å². The van der Waals surface area contributed by atoms with E-state index in [1.165, 1.54) is 0 Å².